The van der Waals surface area contributed by atoms with Crippen LogP contribution in [0.2, 0.25) is 0 Å². The summed E-state index contributed by atoms with van der Waals surface area (Å²) in [6.07, 6.45) is 0. The van der Waals surface area contributed by atoms with Gasteiger partial charge in [-0.3, -0.25) is 0 Å². The van der Waals surface area contributed by atoms with Crippen LogP contribution in [-0.2, 0) is 16.2 Å². The van der Waals surface area contributed by atoms with E-state index >= 15 is 0 Å². The molecule has 3 aliphatic carbocycles. The van der Waals surface area contributed by atoms with E-state index in [9.17, 15) is 0 Å². The Morgan fingerprint density at radius 2 is 0.475 bits per heavy atom. The van der Waals surface area contributed by atoms with E-state index in [1.807, 2.05) is 0 Å². The molecule has 0 saturated carbocycles. The normalized spacial score (nSPS) is 15.4. The number of benzene rings is 8. The minimum Gasteiger partial charge on any atom is -0.310 e. The van der Waals surface area contributed by atoms with Crippen molar-refractivity contribution in [2.24, 2.45) is 0 Å². The SMILES string of the molecule is CC1(C)c2cc(N(c3ccccc3)c3ccccc3)ccc2-c2cc3c(cc21)-c1cc2c(cc1C3(C)C)-c1ccc(N(c3ccccc3)c3ccccc3)cc1C2(C)C. The van der Waals surface area contributed by atoms with Gasteiger partial charge in [-0.2, -0.15) is 0 Å². The maximum atomic E-state index is 2.56. The first-order valence-corrected chi connectivity index (χ1v) is 21.0. The molecular weight excluding hydrogens is 713 g/mol. The van der Waals surface area contributed by atoms with Gasteiger partial charge < -0.3 is 9.80 Å². The molecule has 0 heterocycles. The van der Waals surface area contributed by atoms with Crippen LogP contribution in [0, 0.1) is 0 Å². The third-order valence-electron chi connectivity index (χ3n) is 13.8. The topological polar surface area (TPSA) is 6.48 Å². The molecule has 0 fully saturated rings. The summed E-state index contributed by atoms with van der Waals surface area (Å²) in [4.78, 5) is 4.76. The maximum Gasteiger partial charge on any atom is 0.0465 e. The standard InChI is InChI=1S/C57H48N2/c1-55(2)49-31-41(58(37-19-11-7-12-20-37)38-21-13-8-14-22-38)27-29-43(49)45-33-53-47(35-51(45)55)48-36-52-46(34-54(48)57(53,5)6)44-30-28-42(32-50(44)56(52,3)4)59(39-23-15-9-16-24-39)40-25-17-10-18-26-40/h7-36H,1-6H3. The fourth-order valence-electron chi connectivity index (χ4n) is 10.6. The monoisotopic (exact) mass is 760 g/mol. The summed E-state index contributed by atoms with van der Waals surface area (Å²) in [6, 6.07) is 67.4. The second-order valence-corrected chi connectivity index (χ2v) is 18.2. The minimum absolute atomic E-state index is 0.150. The van der Waals surface area contributed by atoms with Gasteiger partial charge in [0, 0.05) is 50.4 Å². The van der Waals surface area contributed by atoms with Crippen LogP contribution in [0.3, 0.4) is 0 Å². The molecule has 0 unspecified atom stereocenters. The van der Waals surface area contributed by atoms with Gasteiger partial charge in [-0.1, -0.05) is 126 Å². The highest BCUT2D eigenvalue weighted by Crippen LogP contribution is 2.60. The molecule has 0 aromatic heterocycles. The highest BCUT2D eigenvalue weighted by molar-refractivity contribution is 5.95. The molecule has 59 heavy (non-hydrogen) atoms. The molecule has 0 amide bonds. The summed E-state index contributed by atoms with van der Waals surface area (Å²) in [6.45, 7) is 14.5. The van der Waals surface area contributed by atoms with E-state index in [1.165, 1.54) is 78.1 Å². The summed E-state index contributed by atoms with van der Waals surface area (Å²) in [5.74, 6) is 0. The molecule has 286 valence electrons. The zero-order chi connectivity index (χ0) is 40.3. The third-order valence-corrected chi connectivity index (χ3v) is 13.8. The van der Waals surface area contributed by atoms with Crippen molar-refractivity contribution in [2.75, 3.05) is 9.80 Å². The van der Waals surface area contributed by atoms with Gasteiger partial charge in [-0.05, 0) is 164 Å². The third kappa shape index (κ3) is 5.18. The average Bonchev–Trinajstić information content (AvgIpc) is 3.72. The smallest absolute Gasteiger partial charge is 0.0465 e. The summed E-state index contributed by atoms with van der Waals surface area (Å²) in [5, 5.41) is 0. The van der Waals surface area contributed by atoms with E-state index < -0.39 is 0 Å². The first-order valence-electron chi connectivity index (χ1n) is 21.0. The van der Waals surface area contributed by atoms with Gasteiger partial charge in [-0.15, -0.1) is 0 Å². The number of hydrogen-bond donors (Lipinski definition) is 0. The van der Waals surface area contributed by atoms with Crippen LogP contribution in [0.5, 0.6) is 0 Å². The minimum atomic E-state index is -0.173. The Labute approximate surface area is 349 Å². The van der Waals surface area contributed by atoms with Gasteiger partial charge in [0.05, 0.1) is 0 Å². The predicted octanol–water partition coefficient (Wildman–Crippen LogP) is 15.5. The van der Waals surface area contributed by atoms with Gasteiger partial charge in [-0.25, -0.2) is 0 Å². The zero-order valence-electron chi connectivity index (χ0n) is 34.7. The van der Waals surface area contributed by atoms with E-state index in [4.69, 9.17) is 0 Å². The molecule has 3 aliphatic rings. The Bertz CT molecular complexity index is 2660. The highest BCUT2D eigenvalue weighted by atomic mass is 15.1. The van der Waals surface area contributed by atoms with Crippen LogP contribution in [-0.4, -0.2) is 0 Å². The van der Waals surface area contributed by atoms with E-state index in [-0.39, 0.29) is 16.2 Å². The second-order valence-electron chi connectivity index (χ2n) is 18.2. The average molecular weight is 761 g/mol. The van der Waals surface area contributed by atoms with E-state index in [0.29, 0.717) is 0 Å². The lowest BCUT2D eigenvalue weighted by molar-refractivity contribution is 0.649. The van der Waals surface area contributed by atoms with E-state index in [1.54, 1.807) is 0 Å². The number of para-hydroxylation sites is 4. The van der Waals surface area contributed by atoms with Crippen molar-refractivity contribution < 1.29 is 0 Å². The lowest BCUT2D eigenvalue weighted by atomic mass is 9.78. The van der Waals surface area contributed by atoms with Gasteiger partial charge in [0.2, 0.25) is 0 Å². The largest absolute Gasteiger partial charge is 0.310 e. The second kappa shape index (κ2) is 12.7. The highest BCUT2D eigenvalue weighted by Gasteiger charge is 2.45. The Morgan fingerprint density at radius 1 is 0.237 bits per heavy atom. The van der Waals surface area contributed by atoms with Gasteiger partial charge in [0.1, 0.15) is 0 Å². The van der Waals surface area contributed by atoms with Crippen molar-refractivity contribution >= 4 is 34.1 Å². The molecule has 0 spiro atoms. The molecule has 11 rings (SSSR count). The fourth-order valence-corrected chi connectivity index (χ4v) is 10.6. The predicted molar refractivity (Wildman–Crippen MR) is 248 cm³/mol. The molecule has 2 nitrogen and oxygen atoms in total. The Morgan fingerprint density at radius 3 is 0.746 bits per heavy atom. The summed E-state index contributed by atoms with van der Waals surface area (Å²) >= 11 is 0. The van der Waals surface area contributed by atoms with Crippen molar-refractivity contribution in [2.45, 2.75) is 57.8 Å². The molecule has 2 heteroatoms. The van der Waals surface area contributed by atoms with E-state index in [0.717, 1.165) is 22.7 Å². The molecule has 0 saturated heterocycles. The van der Waals surface area contributed by atoms with Crippen molar-refractivity contribution in [1.82, 2.24) is 0 Å². The molecule has 0 radical (unpaired) electrons. The molecule has 8 aromatic carbocycles. The van der Waals surface area contributed by atoms with Gasteiger partial charge in [0.25, 0.3) is 0 Å². The van der Waals surface area contributed by atoms with Gasteiger partial charge >= 0.3 is 0 Å². The maximum absolute atomic E-state index is 2.56. The first-order chi connectivity index (χ1) is 28.5. The molecular formula is C57H48N2. The molecule has 8 aromatic rings. The Hall–Kier alpha value is -6.64. The van der Waals surface area contributed by atoms with Crippen LogP contribution in [0.25, 0.3) is 33.4 Å². The van der Waals surface area contributed by atoms with Crippen molar-refractivity contribution in [3.05, 3.63) is 215 Å². The first kappa shape index (κ1) is 35.5. The molecule has 0 bridgehead atoms. The van der Waals surface area contributed by atoms with Gasteiger partial charge in [0.15, 0.2) is 0 Å². The number of anilines is 6. The number of nitrogens with zero attached hydrogens (tertiary/aromatic N) is 2. The lowest BCUT2D eigenvalue weighted by Gasteiger charge is -2.28. The summed E-state index contributed by atoms with van der Waals surface area (Å²) in [5.41, 5.74) is 23.1. The lowest BCUT2D eigenvalue weighted by Crippen LogP contribution is -2.18. The zero-order valence-corrected chi connectivity index (χ0v) is 34.7. The molecule has 0 N–H and O–H groups in total. The van der Waals surface area contributed by atoms with Crippen LogP contribution >= 0.6 is 0 Å². The van der Waals surface area contributed by atoms with Crippen LogP contribution in [0.4, 0.5) is 34.1 Å². The number of hydrogen-bond acceptors (Lipinski definition) is 2. The molecule has 0 atom stereocenters. The van der Waals surface area contributed by atoms with E-state index in [2.05, 4.69) is 233 Å². The Balaban J connectivity index is 1.01. The number of fused-ring (bicyclic) bond motifs is 9. The number of rotatable bonds is 6. The van der Waals surface area contributed by atoms with Crippen LogP contribution in [0.1, 0.15) is 74.9 Å². The van der Waals surface area contributed by atoms with Crippen molar-refractivity contribution in [3.8, 4) is 33.4 Å². The summed E-state index contributed by atoms with van der Waals surface area (Å²) < 4.78 is 0. The summed E-state index contributed by atoms with van der Waals surface area (Å²) in [7, 11) is 0. The molecule has 0 aliphatic heterocycles. The van der Waals surface area contributed by atoms with Crippen LogP contribution < -0.4 is 9.80 Å². The van der Waals surface area contributed by atoms with Crippen LogP contribution in [0.15, 0.2) is 182 Å². The fraction of sp³-hybridized carbons (Fsp3) is 0.158. The van der Waals surface area contributed by atoms with Crippen molar-refractivity contribution in [1.29, 1.82) is 0 Å². The quantitative estimate of drug-likeness (QED) is 0.167. The van der Waals surface area contributed by atoms with Crippen molar-refractivity contribution in [3.63, 3.8) is 0 Å². The Kier molecular flexibility index (Phi) is 7.63.